The molecule has 3 aliphatic rings. The highest BCUT2D eigenvalue weighted by Gasteiger charge is 2.57. The summed E-state index contributed by atoms with van der Waals surface area (Å²) in [6.07, 6.45) is 6.60. The number of nitrogens with zero attached hydrogens (tertiary/aromatic N) is 3. The second-order valence-electron chi connectivity index (χ2n) is 17.9. The van der Waals surface area contributed by atoms with Crippen LogP contribution >= 0.6 is 0 Å². The number of imide groups is 2. The van der Waals surface area contributed by atoms with E-state index in [4.69, 9.17) is 0 Å². The number of barbiturate groups is 1. The van der Waals surface area contributed by atoms with Crippen LogP contribution in [0.4, 0.5) is 4.79 Å². The van der Waals surface area contributed by atoms with E-state index in [1.165, 1.54) is 14.7 Å². The SMILES string of the molecule is O=C1N(Cc2ccccc2)C(=O)C(CC2=CC=CCC2)(Cc2ccccc2)C(=O)N1Cc1cccc(-c2cccc(CN3C(=O)C(Cc4ccccc4)(Cc4ccccc4)C(=O)NC3O)c2)c1. The predicted molar refractivity (Wildman–Crippen MR) is 256 cm³/mol. The summed E-state index contributed by atoms with van der Waals surface area (Å²) in [7, 11) is 0. The Hall–Kier alpha value is -7.69. The van der Waals surface area contributed by atoms with Crippen LogP contribution in [0.3, 0.4) is 0 Å². The quantitative estimate of drug-likeness (QED) is 0.0993. The van der Waals surface area contributed by atoms with E-state index in [2.05, 4.69) is 11.4 Å². The summed E-state index contributed by atoms with van der Waals surface area (Å²) >= 11 is 0. The van der Waals surface area contributed by atoms with Gasteiger partial charge in [-0.2, -0.15) is 0 Å². The van der Waals surface area contributed by atoms with Crippen LogP contribution in [0.15, 0.2) is 194 Å². The van der Waals surface area contributed by atoms with Crippen LogP contribution in [0, 0.1) is 10.8 Å². The van der Waals surface area contributed by atoms with E-state index in [1.807, 2.05) is 182 Å². The van der Waals surface area contributed by atoms with Crippen molar-refractivity contribution in [3.8, 4) is 11.1 Å². The molecule has 336 valence electrons. The minimum Gasteiger partial charge on any atom is -0.356 e. The molecule has 6 amide bonds. The lowest BCUT2D eigenvalue weighted by Gasteiger charge is -2.45. The van der Waals surface area contributed by atoms with E-state index >= 15 is 4.79 Å². The topological polar surface area (TPSA) is 127 Å². The third-order valence-electron chi connectivity index (χ3n) is 13.2. The van der Waals surface area contributed by atoms with Crippen molar-refractivity contribution >= 4 is 29.7 Å². The number of nitrogens with one attached hydrogen (secondary N) is 1. The Bertz CT molecular complexity index is 2810. The largest absolute Gasteiger partial charge is 0.356 e. The lowest BCUT2D eigenvalue weighted by molar-refractivity contribution is -0.175. The van der Waals surface area contributed by atoms with Gasteiger partial charge < -0.3 is 10.4 Å². The van der Waals surface area contributed by atoms with Crippen LogP contribution < -0.4 is 5.32 Å². The lowest BCUT2D eigenvalue weighted by atomic mass is 9.71. The standard InChI is InChI=1S/C57H52N4O6/c62-50-56(34-41-18-6-1-7-19-41,35-42-20-8-2-9-21-42)51(63)59(54(66)58-50)39-46-28-16-30-48(32-46)49-31-17-29-47(33-49)40-61-53(65)57(36-43-22-10-3-11-23-43,37-44-24-12-4-13-25-44)52(64)60(55(61)67)38-45-26-14-5-15-27-45/h1-12,14-24,26-33,54,66H,13,25,34-40H2,(H,58,62). The maximum absolute atomic E-state index is 15.2. The number of benzene rings is 6. The number of rotatable bonds is 15. The molecule has 67 heavy (non-hydrogen) atoms. The van der Waals surface area contributed by atoms with Crippen molar-refractivity contribution in [3.63, 3.8) is 0 Å². The molecule has 2 aliphatic heterocycles. The van der Waals surface area contributed by atoms with Crippen LogP contribution in [0.1, 0.15) is 52.6 Å². The lowest BCUT2D eigenvalue weighted by Crippen LogP contribution is -2.67. The first-order valence-electron chi connectivity index (χ1n) is 22.8. The molecule has 2 atom stereocenters. The molecule has 2 unspecified atom stereocenters. The first-order chi connectivity index (χ1) is 32.6. The minimum absolute atomic E-state index is 0.0108. The van der Waals surface area contributed by atoms with Gasteiger partial charge >= 0.3 is 6.03 Å². The Morgan fingerprint density at radius 2 is 0.940 bits per heavy atom. The van der Waals surface area contributed by atoms with E-state index in [-0.39, 0.29) is 45.3 Å². The van der Waals surface area contributed by atoms with Gasteiger partial charge in [-0.05, 0) is 95.2 Å². The molecule has 0 saturated carbocycles. The number of allylic oxidation sites excluding steroid dienone is 4. The molecular weight excluding hydrogens is 837 g/mol. The predicted octanol–water partition coefficient (Wildman–Crippen LogP) is 8.95. The van der Waals surface area contributed by atoms with Crippen molar-refractivity contribution in [2.75, 3.05) is 0 Å². The van der Waals surface area contributed by atoms with Crippen molar-refractivity contribution in [3.05, 3.63) is 227 Å². The fourth-order valence-corrected chi connectivity index (χ4v) is 9.78. The summed E-state index contributed by atoms with van der Waals surface area (Å²) < 4.78 is 0. The second-order valence-corrected chi connectivity index (χ2v) is 17.9. The molecule has 0 aromatic heterocycles. The first-order valence-corrected chi connectivity index (χ1v) is 22.8. The monoisotopic (exact) mass is 888 g/mol. The molecule has 6 aromatic rings. The summed E-state index contributed by atoms with van der Waals surface area (Å²) in [5, 5.41) is 14.0. The summed E-state index contributed by atoms with van der Waals surface area (Å²) in [4.78, 5) is 77.3. The number of aliphatic hydroxyl groups is 1. The molecule has 0 bridgehead atoms. The van der Waals surface area contributed by atoms with Gasteiger partial charge in [0.2, 0.25) is 30.0 Å². The van der Waals surface area contributed by atoms with Gasteiger partial charge in [0.05, 0.1) is 13.1 Å². The summed E-state index contributed by atoms with van der Waals surface area (Å²) in [6.45, 7) is -0.0442. The van der Waals surface area contributed by atoms with Crippen LogP contribution in [0.25, 0.3) is 11.1 Å². The molecule has 2 saturated heterocycles. The first kappa shape index (κ1) is 44.5. The number of aliphatic hydroxyl groups excluding tert-OH is 1. The van der Waals surface area contributed by atoms with Gasteiger partial charge in [0.15, 0.2) is 0 Å². The molecule has 2 fully saturated rings. The van der Waals surface area contributed by atoms with Crippen molar-refractivity contribution in [1.29, 1.82) is 0 Å². The van der Waals surface area contributed by atoms with Crippen molar-refractivity contribution < 1.29 is 29.1 Å². The Kier molecular flexibility index (Phi) is 12.9. The van der Waals surface area contributed by atoms with Crippen LogP contribution in [0.5, 0.6) is 0 Å². The third-order valence-corrected chi connectivity index (χ3v) is 13.2. The molecule has 10 heteroatoms. The smallest absolute Gasteiger partial charge is 0.334 e. The van der Waals surface area contributed by atoms with E-state index in [0.29, 0.717) is 17.5 Å². The van der Waals surface area contributed by atoms with Crippen molar-refractivity contribution in [1.82, 2.24) is 20.0 Å². The van der Waals surface area contributed by atoms with Crippen molar-refractivity contribution in [2.45, 2.75) is 64.5 Å². The number of amides is 6. The number of carbonyl (C=O) groups excluding carboxylic acids is 5. The Morgan fingerprint density at radius 3 is 1.43 bits per heavy atom. The average Bonchev–Trinajstić information content (AvgIpc) is 3.36. The molecular formula is C57H52N4O6. The zero-order valence-corrected chi connectivity index (χ0v) is 37.2. The van der Waals surface area contributed by atoms with Crippen LogP contribution in [0.2, 0.25) is 0 Å². The Labute approximate surface area is 390 Å². The summed E-state index contributed by atoms with van der Waals surface area (Å²) in [5.74, 6) is -2.02. The summed E-state index contributed by atoms with van der Waals surface area (Å²) in [6, 6.07) is 52.3. The van der Waals surface area contributed by atoms with Gasteiger partial charge in [0.25, 0.3) is 0 Å². The molecule has 2 heterocycles. The molecule has 0 radical (unpaired) electrons. The molecule has 9 rings (SSSR count). The molecule has 10 nitrogen and oxygen atoms in total. The summed E-state index contributed by atoms with van der Waals surface area (Å²) in [5.41, 5.74) is 4.14. The zero-order valence-electron chi connectivity index (χ0n) is 37.2. The normalized spacial score (nSPS) is 19.4. The highest BCUT2D eigenvalue weighted by molar-refractivity contribution is 6.19. The van der Waals surface area contributed by atoms with Gasteiger partial charge in [0, 0.05) is 6.54 Å². The Balaban J connectivity index is 1.02. The fourth-order valence-electron chi connectivity index (χ4n) is 9.78. The maximum Gasteiger partial charge on any atom is 0.334 e. The number of urea groups is 1. The third kappa shape index (κ3) is 9.39. The van der Waals surface area contributed by atoms with Gasteiger partial charge in [-0.1, -0.05) is 182 Å². The molecule has 2 N–H and O–H groups in total. The minimum atomic E-state index is -1.57. The Morgan fingerprint density at radius 1 is 0.493 bits per heavy atom. The number of carbonyl (C=O) groups is 5. The number of hydrogen-bond acceptors (Lipinski definition) is 6. The van der Waals surface area contributed by atoms with Gasteiger partial charge in [-0.3, -0.25) is 33.9 Å². The van der Waals surface area contributed by atoms with Gasteiger partial charge in [-0.15, -0.1) is 0 Å². The average molecular weight is 889 g/mol. The highest BCUT2D eigenvalue weighted by Crippen LogP contribution is 2.42. The number of hydrogen-bond donors (Lipinski definition) is 2. The highest BCUT2D eigenvalue weighted by atomic mass is 16.3. The maximum atomic E-state index is 15.2. The van der Waals surface area contributed by atoms with Crippen LogP contribution in [-0.4, -0.2) is 55.8 Å². The molecule has 0 spiro atoms. The van der Waals surface area contributed by atoms with E-state index < -0.39 is 46.8 Å². The van der Waals surface area contributed by atoms with E-state index in [1.54, 1.807) is 0 Å². The van der Waals surface area contributed by atoms with E-state index in [9.17, 15) is 24.3 Å². The van der Waals surface area contributed by atoms with E-state index in [0.717, 1.165) is 45.4 Å². The second kappa shape index (κ2) is 19.4. The molecule has 1 aliphatic carbocycles. The van der Waals surface area contributed by atoms with Gasteiger partial charge in [0.1, 0.15) is 10.8 Å². The van der Waals surface area contributed by atoms with Gasteiger partial charge in [-0.25, -0.2) is 4.79 Å². The molecule has 6 aromatic carbocycles. The van der Waals surface area contributed by atoms with Crippen molar-refractivity contribution in [2.24, 2.45) is 10.8 Å². The fraction of sp³-hybridized carbons (Fsp3) is 0.211. The van der Waals surface area contributed by atoms with Crippen LogP contribution in [-0.2, 0) is 58.1 Å². The zero-order chi connectivity index (χ0) is 46.4.